The highest BCUT2D eigenvalue weighted by Crippen LogP contribution is 2.30. The normalized spacial score (nSPS) is 10.9. The SMILES string of the molecule is Cc1ccc2nc(C)cc(Nc3cccc(Cl)c3C)c2c1. The Morgan fingerprint density at radius 1 is 0.952 bits per heavy atom. The number of aromatic nitrogens is 1. The molecule has 0 radical (unpaired) electrons. The Bertz CT molecular complexity index is 825. The van der Waals surface area contributed by atoms with Crippen LogP contribution in [0.1, 0.15) is 16.8 Å². The Morgan fingerprint density at radius 3 is 2.57 bits per heavy atom. The number of aryl methyl sites for hydroxylation is 2. The number of nitrogens with one attached hydrogen (secondary N) is 1. The maximum Gasteiger partial charge on any atom is 0.0726 e. The molecular formula is C18H17ClN2. The van der Waals surface area contributed by atoms with E-state index in [4.69, 9.17) is 11.6 Å². The zero-order valence-electron chi connectivity index (χ0n) is 12.4. The largest absolute Gasteiger partial charge is 0.355 e. The summed E-state index contributed by atoms with van der Waals surface area (Å²) in [5.41, 5.74) is 6.35. The molecular weight excluding hydrogens is 280 g/mol. The van der Waals surface area contributed by atoms with Crippen LogP contribution < -0.4 is 5.32 Å². The highest BCUT2D eigenvalue weighted by Gasteiger charge is 2.07. The van der Waals surface area contributed by atoms with E-state index in [-0.39, 0.29) is 0 Å². The summed E-state index contributed by atoms with van der Waals surface area (Å²) in [6.07, 6.45) is 0. The summed E-state index contributed by atoms with van der Waals surface area (Å²) in [4.78, 5) is 4.59. The van der Waals surface area contributed by atoms with Crippen LogP contribution in [-0.4, -0.2) is 4.98 Å². The van der Waals surface area contributed by atoms with Crippen LogP contribution >= 0.6 is 11.6 Å². The molecule has 0 unspecified atom stereocenters. The van der Waals surface area contributed by atoms with Crippen molar-refractivity contribution >= 4 is 33.9 Å². The summed E-state index contributed by atoms with van der Waals surface area (Å²) in [6.45, 7) is 6.12. The minimum atomic E-state index is 0.770. The molecule has 3 aromatic rings. The Kier molecular flexibility index (Phi) is 3.56. The van der Waals surface area contributed by atoms with E-state index in [0.717, 1.165) is 38.6 Å². The molecule has 3 heteroatoms. The molecule has 0 saturated heterocycles. The summed E-state index contributed by atoms with van der Waals surface area (Å²) < 4.78 is 0. The molecule has 2 aromatic carbocycles. The van der Waals surface area contributed by atoms with E-state index in [2.05, 4.69) is 41.5 Å². The maximum absolute atomic E-state index is 6.20. The van der Waals surface area contributed by atoms with Gasteiger partial charge in [-0.1, -0.05) is 29.3 Å². The second-order valence-electron chi connectivity index (χ2n) is 5.37. The molecule has 106 valence electrons. The van der Waals surface area contributed by atoms with Crippen molar-refractivity contribution in [1.82, 2.24) is 4.98 Å². The molecule has 0 fully saturated rings. The van der Waals surface area contributed by atoms with Crippen LogP contribution in [0.25, 0.3) is 10.9 Å². The molecule has 0 saturated carbocycles. The van der Waals surface area contributed by atoms with Crippen molar-refractivity contribution in [3.63, 3.8) is 0 Å². The van der Waals surface area contributed by atoms with Gasteiger partial charge in [0.25, 0.3) is 0 Å². The first-order valence-electron chi connectivity index (χ1n) is 6.95. The lowest BCUT2D eigenvalue weighted by atomic mass is 10.1. The fourth-order valence-electron chi connectivity index (χ4n) is 2.46. The zero-order chi connectivity index (χ0) is 15.0. The van der Waals surface area contributed by atoms with Gasteiger partial charge in [0.15, 0.2) is 0 Å². The first-order chi connectivity index (χ1) is 10.0. The third-order valence-electron chi connectivity index (χ3n) is 3.63. The number of pyridine rings is 1. The molecule has 1 heterocycles. The van der Waals surface area contributed by atoms with E-state index >= 15 is 0 Å². The minimum Gasteiger partial charge on any atom is -0.355 e. The van der Waals surface area contributed by atoms with Gasteiger partial charge in [-0.3, -0.25) is 4.98 Å². The standard InChI is InChI=1S/C18H17ClN2/c1-11-7-8-17-14(9-11)18(10-12(2)20-17)21-16-6-4-5-15(19)13(16)3/h4-10H,1-3H3,(H,20,21). The van der Waals surface area contributed by atoms with Gasteiger partial charge in [-0.25, -0.2) is 0 Å². The van der Waals surface area contributed by atoms with Crippen LogP contribution in [0.3, 0.4) is 0 Å². The average Bonchev–Trinajstić information content (AvgIpc) is 2.44. The van der Waals surface area contributed by atoms with Crippen LogP contribution in [0.4, 0.5) is 11.4 Å². The quantitative estimate of drug-likeness (QED) is 0.670. The van der Waals surface area contributed by atoms with E-state index in [1.54, 1.807) is 0 Å². The molecule has 0 aliphatic heterocycles. The molecule has 0 atom stereocenters. The first kappa shape index (κ1) is 13.9. The summed E-state index contributed by atoms with van der Waals surface area (Å²) in [7, 11) is 0. The smallest absolute Gasteiger partial charge is 0.0726 e. The average molecular weight is 297 g/mol. The van der Waals surface area contributed by atoms with Crippen LogP contribution in [0, 0.1) is 20.8 Å². The fourth-order valence-corrected chi connectivity index (χ4v) is 2.64. The Morgan fingerprint density at radius 2 is 1.76 bits per heavy atom. The Labute approximate surface area is 129 Å². The van der Waals surface area contributed by atoms with Gasteiger partial charge in [-0.05, 0) is 56.7 Å². The van der Waals surface area contributed by atoms with Gasteiger partial charge in [-0.15, -0.1) is 0 Å². The van der Waals surface area contributed by atoms with Crippen molar-refractivity contribution in [2.75, 3.05) is 5.32 Å². The predicted molar refractivity (Wildman–Crippen MR) is 90.7 cm³/mol. The predicted octanol–water partition coefficient (Wildman–Crippen LogP) is 5.56. The van der Waals surface area contributed by atoms with E-state index < -0.39 is 0 Å². The number of rotatable bonds is 2. The number of halogens is 1. The van der Waals surface area contributed by atoms with Crippen LogP contribution in [0.15, 0.2) is 42.5 Å². The van der Waals surface area contributed by atoms with E-state index in [0.29, 0.717) is 0 Å². The van der Waals surface area contributed by atoms with Crippen molar-refractivity contribution in [2.24, 2.45) is 0 Å². The van der Waals surface area contributed by atoms with Gasteiger partial charge in [0, 0.05) is 27.5 Å². The molecule has 0 spiro atoms. The molecule has 3 rings (SSSR count). The maximum atomic E-state index is 6.20. The molecule has 0 bridgehead atoms. The molecule has 1 N–H and O–H groups in total. The second-order valence-corrected chi connectivity index (χ2v) is 5.78. The number of fused-ring (bicyclic) bond motifs is 1. The molecule has 21 heavy (non-hydrogen) atoms. The molecule has 1 aromatic heterocycles. The van der Waals surface area contributed by atoms with Crippen molar-refractivity contribution in [3.8, 4) is 0 Å². The number of hydrogen-bond donors (Lipinski definition) is 1. The van der Waals surface area contributed by atoms with Crippen molar-refractivity contribution < 1.29 is 0 Å². The molecule has 0 aliphatic rings. The zero-order valence-corrected chi connectivity index (χ0v) is 13.1. The third kappa shape index (κ3) is 2.72. The number of hydrogen-bond acceptors (Lipinski definition) is 2. The number of anilines is 2. The van der Waals surface area contributed by atoms with Gasteiger partial charge < -0.3 is 5.32 Å². The summed E-state index contributed by atoms with van der Waals surface area (Å²) >= 11 is 6.20. The Balaban J connectivity index is 2.15. The summed E-state index contributed by atoms with van der Waals surface area (Å²) in [5, 5.41) is 5.39. The van der Waals surface area contributed by atoms with Gasteiger partial charge >= 0.3 is 0 Å². The molecule has 0 amide bonds. The van der Waals surface area contributed by atoms with Gasteiger partial charge in [0.2, 0.25) is 0 Å². The third-order valence-corrected chi connectivity index (χ3v) is 4.04. The lowest BCUT2D eigenvalue weighted by molar-refractivity contribution is 1.25. The first-order valence-corrected chi connectivity index (χ1v) is 7.32. The second kappa shape index (κ2) is 5.38. The summed E-state index contributed by atoms with van der Waals surface area (Å²) in [5.74, 6) is 0. The van der Waals surface area contributed by atoms with Gasteiger partial charge in [-0.2, -0.15) is 0 Å². The van der Waals surface area contributed by atoms with Crippen molar-refractivity contribution in [2.45, 2.75) is 20.8 Å². The lowest BCUT2D eigenvalue weighted by Crippen LogP contribution is -1.97. The van der Waals surface area contributed by atoms with Gasteiger partial charge in [0.05, 0.1) is 5.52 Å². The van der Waals surface area contributed by atoms with E-state index in [1.165, 1.54) is 5.56 Å². The van der Waals surface area contributed by atoms with Crippen molar-refractivity contribution in [3.05, 3.63) is 64.3 Å². The fraction of sp³-hybridized carbons (Fsp3) is 0.167. The van der Waals surface area contributed by atoms with E-state index in [1.807, 2.05) is 32.0 Å². The topological polar surface area (TPSA) is 24.9 Å². The summed E-state index contributed by atoms with van der Waals surface area (Å²) in [6, 6.07) is 14.3. The van der Waals surface area contributed by atoms with Gasteiger partial charge in [0.1, 0.15) is 0 Å². The van der Waals surface area contributed by atoms with E-state index in [9.17, 15) is 0 Å². The van der Waals surface area contributed by atoms with Crippen LogP contribution in [0.2, 0.25) is 5.02 Å². The van der Waals surface area contributed by atoms with Crippen molar-refractivity contribution in [1.29, 1.82) is 0 Å². The Hall–Kier alpha value is -2.06. The lowest BCUT2D eigenvalue weighted by Gasteiger charge is -2.14. The molecule has 2 nitrogen and oxygen atoms in total. The molecule has 0 aliphatic carbocycles. The van der Waals surface area contributed by atoms with Crippen LogP contribution in [-0.2, 0) is 0 Å². The monoisotopic (exact) mass is 296 g/mol. The number of nitrogens with zero attached hydrogens (tertiary/aromatic N) is 1. The highest BCUT2D eigenvalue weighted by atomic mass is 35.5. The number of benzene rings is 2. The van der Waals surface area contributed by atoms with Crippen LogP contribution in [0.5, 0.6) is 0 Å². The minimum absolute atomic E-state index is 0.770. The highest BCUT2D eigenvalue weighted by molar-refractivity contribution is 6.31.